The Balaban J connectivity index is 2.01. The van der Waals surface area contributed by atoms with Crippen LogP contribution in [0.1, 0.15) is 37.9 Å². The summed E-state index contributed by atoms with van der Waals surface area (Å²) in [6.45, 7) is 7.89. The van der Waals surface area contributed by atoms with E-state index in [1.165, 1.54) is 11.1 Å². The lowest BCUT2D eigenvalue weighted by Crippen LogP contribution is -2.36. The van der Waals surface area contributed by atoms with Crippen LogP contribution in [-0.2, 0) is 18.4 Å². The molecule has 0 saturated carbocycles. The van der Waals surface area contributed by atoms with E-state index in [2.05, 4.69) is 109 Å². The van der Waals surface area contributed by atoms with Crippen LogP contribution in [0.3, 0.4) is 0 Å². The Morgan fingerprint density at radius 3 is 2.21 bits per heavy atom. The van der Waals surface area contributed by atoms with Crippen LogP contribution in [0.15, 0.2) is 79.4 Å². The average Bonchev–Trinajstić information content (AvgIpc) is 3.11. The fourth-order valence-corrected chi connectivity index (χ4v) is 3.49. The molecular formula is C22H27N2+. The molecule has 2 unspecified atom stereocenters. The van der Waals surface area contributed by atoms with E-state index < -0.39 is 0 Å². The zero-order chi connectivity index (χ0) is 17.0. The number of hydrogen-bond acceptors (Lipinski definition) is 0. The van der Waals surface area contributed by atoms with Crippen molar-refractivity contribution in [3.8, 4) is 0 Å². The first kappa shape index (κ1) is 16.5. The van der Waals surface area contributed by atoms with Crippen molar-refractivity contribution < 1.29 is 4.57 Å². The van der Waals surface area contributed by atoms with Crippen LogP contribution in [0.5, 0.6) is 0 Å². The molecule has 3 aromatic rings. The van der Waals surface area contributed by atoms with Crippen molar-refractivity contribution in [3.05, 3.63) is 90.5 Å². The van der Waals surface area contributed by atoms with E-state index >= 15 is 0 Å². The van der Waals surface area contributed by atoms with Crippen molar-refractivity contribution in [2.24, 2.45) is 0 Å². The summed E-state index contributed by atoms with van der Waals surface area (Å²) < 4.78 is 4.57. The second kappa shape index (κ2) is 7.04. The maximum absolute atomic E-state index is 2.39. The summed E-state index contributed by atoms with van der Waals surface area (Å²) in [7, 11) is 0. The molecule has 1 heterocycles. The molecule has 2 atom stereocenters. The van der Waals surface area contributed by atoms with Crippen LogP contribution in [0.4, 0.5) is 0 Å². The standard InChI is InChI=1S/C22H27N2/c1-4-23-15-16-24(18-23)19(2)22(3,21-13-9-6-10-14-21)17-20-11-7-5-8-12-20/h5-16,18-19H,4,17H2,1-3H3/q+1. The third-order valence-electron chi connectivity index (χ3n) is 5.29. The highest BCUT2D eigenvalue weighted by Crippen LogP contribution is 2.38. The second-order valence-electron chi connectivity index (χ2n) is 6.81. The monoisotopic (exact) mass is 319 g/mol. The van der Waals surface area contributed by atoms with E-state index in [9.17, 15) is 0 Å². The van der Waals surface area contributed by atoms with Gasteiger partial charge in [-0.1, -0.05) is 67.6 Å². The minimum absolute atomic E-state index is 0.0210. The molecule has 0 spiro atoms. The molecule has 2 nitrogen and oxygen atoms in total. The highest BCUT2D eigenvalue weighted by molar-refractivity contribution is 5.30. The van der Waals surface area contributed by atoms with E-state index in [0.717, 1.165) is 13.0 Å². The van der Waals surface area contributed by atoms with E-state index in [-0.39, 0.29) is 5.41 Å². The van der Waals surface area contributed by atoms with Crippen LogP contribution >= 0.6 is 0 Å². The molecule has 124 valence electrons. The number of aromatic nitrogens is 2. The zero-order valence-electron chi connectivity index (χ0n) is 14.9. The van der Waals surface area contributed by atoms with Gasteiger partial charge in [-0.25, -0.2) is 9.13 Å². The van der Waals surface area contributed by atoms with Crippen molar-refractivity contribution in [2.75, 3.05) is 0 Å². The van der Waals surface area contributed by atoms with Gasteiger partial charge in [0.1, 0.15) is 18.4 Å². The Morgan fingerprint density at radius 2 is 1.62 bits per heavy atom. The number of rotatable bonds is 6. The Labute approximate surface area is 145 Å². The quantitative estimate of drug-likeness (QED) is 0.589. The Bertz CT molecular complexity index is 761. The van der Waals surface area contributed by atoms with Crippen LogP contribution < -0.4 is 4.57 Å². The van der Waals surface area contributed by atoms with Crippen molar-refractivity contribution in [3.63, 3.8) is 0 Å². The molecule has 0 N–H and O–H groups in total. The van der Waals surface area contributed by atoms with E-state index in [1.54, 1.807) is 0 Å². The van der Waals surface area contributed by atoms with Gasteiger partial charge in [-0.05, 0) is 31.4 Å². The lowest BCUT2D eigenvalue weighted by atomic mass is 9.72. The van der Waals surface area contributed by atoms with Gasteiger partial charge in [0.25, 0.3) is 0 Å². The normalized spacial score (nSPS) is 15.0. The van der Waals surface area contributed by atoms with Crippen molar-refractivity contribution >= 4 is 0 Å². The molecule has 2 aromatic carbocycles. The Hall–Kier alpha value is -2.35. The molecule has 3 rings (SSSR count). The van der Waals surface area contributed by atoms with Gasteiger partial charge in [-0.3, -0.25) is 0 Å². The largest absolute Gasteiger partial charge is 0.243 e. The van der Waals surface area contributed by atoms with Crippen LogP contribution in [-0.4, -0.2) is 4.57 Å². The first-order chi connectivity index (χ1) is 11.6. The number of aryl methyl sites for hydroxylation is 1. The summed E-state index contributed by atoms with van der Waals surface area (Å²) in [5.41, 5.74) is 2.79. The van der Waals surface area contributed by atoms with E-state index in [0.29, 0.717) is 6.04 Å². The van der Waals surface area contributed by atoms with E-state index in [1.807, 2.05) is 0 Å². The van der Waals surface area contributed by atoms with Crippen molar-refractivity contribution in [2.45, 2.75) is 45.2 Å². The topological polar surface area (TPSA) is 8.81 Å². The molecule has 2 heteroatoms. The minimum Gasteiger partial charge on any atom is -0.237 e. The van der Waals surface area contributed by atoms with Gasteiger partial charge in [-0.2, -0.15) is 0 Å². The van der Waals surface area contributed by atoms with Crippen molar-refractivity contribution in [1.82, 2.24) is 4.57 Å². The summed E-state index contributed by atoms with van der Waals surface area (Å²) >= 11 is 0. The lowest BCUT2D eigenvalue weighted by molar-refractivity contribution is -0.693. The van der Waals surface area contributed by atoms with E-state index in [4.69, 9.17) is 0 Å². The summed E-state index contributed by atoms with van der Waals surface area (Å²) in [6, 6.07) is 22.1. The van der Waals surface area contributed by atoms with Crippen LogP contribution in [0.25, 0.3) is 0 Å². The predicted molar refractivity (Wildman–Crippen MR) is 99.0 cm³/mol. The highest BCUT2D eigenvalue weighted by atomic mass is 15.1. The molecule has 0 amide bonds. The summed E-state index contributed by atoms with van der Waals surface area (Å²) in [5, 5.41) is 0. The van der Waals surface area contributed by atoms with Gasteiger partial charge in [0.15, 0.2) is 0 Å². The summed E-state index contributed by atoms with van der Waals surface area (Å²) in [4.78, 5) is 0. The zero-order valence-corrected chi connectivity index (χ0v) is 14.9. The Kier molecular flexibility index (Phi) is 4.84. The molecule has 0 aliphatic heterocycles. The molecule has 0 radical (unpaired) electrons. The number of benzene rings is 2. The SMILES string of the molecule is CC[n+]1ccn(C(C)C(C)(Cc2ccccc2)c2ccccc2)c1. The van der Waals surface area contributed by atoms with Gasteiger partial charge >= 0.3 is 0 Å². The molecule has 1 aromatic heterocycles. The second-order valence-corrected chi connectivity index (χ2v) is 6.81. The van der Waals surface area contributed by atoms with Crippen molar-refractivity contribution in [1.29, 1.82) is 0 Å². The average molecular weight is 319 g/mol. The molecule has 0 saturated heterocycles. The van der Waals surface area contributed by atoms with Gasteiger partial charge in [0.2, 0.25) is 6.33 Å². The smallest absolute Gasteiger partial charge is 0.237 e. The molecular weight excluding hydrogens is 292 g/mol. The summed E-state index contributed by atoms with van der Waals surface area (Å²) in [5.74, 6) is 0. The molecule has 0 aliphatic carbocycles. The third kappa shape index (κ3) is 3.28. The maximum Gasteiger partial charge on any atom is 0.243 e. The fourth-order valence-electron chi connectivity index (χ4n) is 3.49. The van der Waals surface area contributed by atoms with Crippen LogP contribution in [0, 0.1) is 0 Å². The molecule has 0 bridgehead atoms. The molecule has 0 aliphatic rings. The molecule has 24 heavy (non-hydrogen) atoms. The number of hydrogen-bond donors (Lipinski definition) is 0. The van der Waals surface area contributed by atoms with Gasteiger partial charge in [0.05, 0.1) is 6.54 Å². The first-order valence-corrected chi connectivity index (χ1v) is 8.79. The number of nitrogens with zero attached hydrogens (tertiary/aromatic N) is 2. The lowest BCUT2D eigenvalue weighted by Gasteiger charge is -2.34. The number of imidazole rings is 1. The maximum atomic E-state index is 2.39. The summed E-state index contributed by atoms with van der Waals surface area (Å²) in [6.07, 6.45) is 7.59. The Morgan fingerprint density at radius 1 is 1.00 bits per heavy atom. The highest BCUT2D eigenvalue weighted by Gasteiger charge is 2.37. The van der Waals surface area contributed by atoms with Gasteiger partial charge in [0, 0.05) is 5.41 Å². The molecule has 0 fully saturated rings. The minimum atomic E-state index is 0.0210. The fraction of sp³-hybridized carbons (Fsp3) is 0.318. The van der Waals surface area contributed by atoms with Gasteiger partial charge in [-0.15, -0.1) is 0 Å². The van der Waals surface area contributed by atoms with Gasteiger partial charge < -0.3 is 0 Å². The first-order valence-electron chi connectivity index (χ1n) is 8.79. The van der Waals surface area contributed by atoms with Crippen LogP contribution in [0.2, 0.25) is 0 Å². The third-order valence-corrected chi connectivity index (χ3v) is 5.29. The predicted octanol–water partition coefficient (Wildman–Crippen LogP) is 4.56.